The van der Waals surface area contributed by atoms with Crippen molar-refractivity contribution in [2.24, 2.45) is 0 Å². The molecule has 0 unspecified atom stereocenters. The van der Waals surface area contributed by atoms with Crippen LogP contribution in [-0.2, 0) is 14.8 Å². The number of hydrogen-bond donors (Lipinski definition) is 2. The van der Waals surface area contributed by atoms with Gasteiger partial charge >= 0.3 is 0 Å². The highest BCUT2D eigenvalue weighted by Gasteiger charge is 2.34. The molecule has 0 saturated carbocycles. The summed E-state index contributed by atoms with van der Waals surface area (Å²) in [5, 5.41) is 2.73. The number of ether oxygens (including phenoxy) is 1. The van der Waals surface area contributed by atoms with E-state index in [4.69, 9.17) is 4.74 Å². The second kappa shape index (κ2) is 9.65. The summed E-state index contributed by atoms with van der Waals surface area (Å²) >= 11 is 0. The average Bonchev–Trinajstić information content (AvgIpc) is 3.27. The molecule has 0 radical (unpaired) electrons. The Morgan fingerprint density at radius 2 is 1.97 bits per heavy atom. The topological polar surface area (TPSA) is 105 Å². The van der Waals surface area contributed by atoms with Crippen LogP contribution in [0, 0.1) is 0 Å². The Hall–Kier alpha value is -3.33. The second-order valence-corrected chi connectivity index (χ2v) is 8.73. The Balaban J connectivity index is 1.71. The lowest BCUT2D eigenvalue weighted by Crippen LogP contribution is -2.46. The summed E-state index contributed by atoms with van der Waals surface area (Å²) in [5.41, 5.74) is 0.703. The fraction of sp³-hybridized carbons (Fsp3) is 0.273. The molecule has 1 saturated heterocycles. The molecule has 2 aromatic rings. The third-order valence-electron chi connectivity index (χ3n) is 4.97. The van der Waals surface area contributed by atoms with E-state index in [1.165, 1.54) is 31.4 Å². The Morgan fingerprint density at radius 3 is 2.65 bits per heavy atom. The second-order valence-electron chi connectivity index (χ2n) is 7.05. The van der Waals surface area contributed by atoms with Gasteiger partial charge in [-0.1, -0.05) is 12.1 Å². The van der Waals surface area contributed by atoms with E-state index in [0.29, 0.717) is 36.5 Å². The minimum atomic E-state index is -3.81. The van der Waals surface area contributed by atoms with Crippen LogP contribution in [-0.4, -0.2) is 51.4 Å². The zero-order valence-electron chi connectivity index (χ0n) is 17.2. The maximum atomic E-state index is 12.9. The molecule has 0 spiro atoms. The van der Waals surface area contributed by atoms with E-state index in [0.717, 1.165) is 6.42 Å². The van der Waals surface area contributed by atoms with Crippen LogP contribution in [0.3, 0.4) is 0 Å². The molecule has 1 aliphatic rings. The summed E-state index contributed by atoms with van der Waals surface area (Å²) in [6, 6.07) is 11.8. The molecule has 1 heterocycles. The lowest BCUT2D eigenvalue weighted by molar-refractivity contribution is -0.124. The standard InChI is InChI=1S/C22H25N3O5S/c1-3-13-23-21(26)20-8-5-14-25(20)22(27)16-9-11-17(12-10-16)24-31(28,29)19-7-4-6-18(15-19)30-2/h3-4,6-7,9-12,15,20,24H,1,5,8,13-14H2,2H3,(H,23,26)/t20-/m1/s1. The predicted octanol–water partition coefficient (Wildman–Crippen LogP) is 2.40. The summed E-state index contributed by atoms with van der Waals surface area (Å²) < 4.78 is 32.8. The highest BCUT2D eigenvalue weighted by Crippen LogP contribution is 2.23. The van der Waals surface area contributed by atoms with Gasteiger partial charge in [-0.2, -0.15) is 0 Å². The monoisotopic (exact) mass is 443 g/mol. The number of anilines is 1. The molecule has 31 heavy (non-hydrogen) atoms. The van der Waals surface area contributed by atoms with Crippen molar-refractivity contribution in [1.29, 1.82) is 0 Å². The molecule has 2 N–H and O–H groups in total. The molecule has 1 fully saturated rings. The smallest absolute Gasteiger partial charge is 0.262 e. The van der Waals surface area contributed by atoms with Gasteiger partial charge in [0.15, 0.2) is 0 Å². The summed E-state index contributed by atoms with van der Waals surface area (Å²) in [6.07, 6.45) is 2.94. The molecule has 2 aromatic carbocycles. The first-order valence-corrected chi connectivity index (χ1v) is 11.3. The van der Waals surface area contributed by atoms with Crippen LogP contribution in [0.2, 0.25) is 0 Å². The lowest BCUT2D eigenvalue weighted by atomic mass is 10.1. The Bertz CT molecular complexity index is 1070. The van der Waals surface area contributed by atoms with Gasteiger partial charge in [0, 0.05) is 30.4 Å². The zero-order valence-corrected chi connectivity index (χ0v) is 18.0. The first-order valence-electron chi connectivity index (χ1n) is 9.82. The number of likely N-dealkylation sites (tertiary alicyclic amines) is 1. The molecular formula is C22H25N3O5S. The fourth-order valence-corrected chi connectivity index (χ4v) is 4.50. The van der Waals surface area contributed by atoms with E-state index >= 15 is 0 Å². The highest BCUT2D eigenvalue weighted by atomic mass is 32.2. The summed E-state index contributed by atoms with van der Waals surface area (Å²) in [6.45, 7) is 4.41. The van der Waals surface area contributed by atoms with Gasteiger partial charge in [0.2, 0.25) is 5.91 Å². The quantitative estimate of drug-likeness (QED) is 0.610. The van der Waals surface area contributed by atoms with E-state index in [1.54, 1.807) is 35.2 Å². The van der Waals surface area contributed by atoms with Gasteiger partial charge < -0.3 is 15.0 Å². The first-order chi connectivity index (χ1) is 14.9. The Labute approximate surface area is 181 Å². The summed E-state index contributed by atoms with van der Waals surface area (Å²) in [4.78, 5) is 26.8. The fourth-order valence-electron chi connectivity index (χ4n) is 3.40. The van der Waals surface area contributed by atoms with Gasteiger partial charge in [0.1, 0.15) is 11.8 Å². The molecule has 1 aliphatic heterocycles. The molecule has 0 aromatic heterocycles. The van der Waals surface area contributed by atoms with Crippen LogP contribution in [0.15, 0.2) is 66.1 Å². The lowest BCUT2D eigenvalue weighted by Gasteiger charge is -2.24. The zero-order chi connectivity index (χ0) is 22.4. The van der Waals surface area contributed by atoms with E-state index in [2.05, 4.69) is 16.6 Å². The Morgan fingerprint density at radius 1 is 1.23 bits per heavy atom. The van der Waals surface area contributed by atoms with Crippen molar-refractivity contribution in [1.82, 2.24) is 10.2 Å². The molecule has 0 aliphatic carbocycles. The number of nitrogens with one attached hydrogen (secondary N) is 2. The van der Waals surface area contributed by atoms with Crippen molar-refractivity contribution in [3.63, 3.8) is 0 Å². The van der Waals surface area contributed by atoms with E-state index in [-0.39, 0.29) is 16.7 Å². The number of amides is 2. The van der Waals surface area contributed by atoms with Crippen molar-refractivity contribution < 1.29 is 22.7 Å². The third kappa shape index (κ3) is 5.24. The highest BCUT2D eigenvalue weighted by molar-refractivity contribution is 7.92. The number of carbonyl (C=O) groups is 2. The number of carbonyl (C=O) groups excluding carboxylic acids is 2. The van der Waals surface area contributed by atoms with Crippen LogP contribution < -0.4 is 14.8 Å². The van der Waals surface area contributed by atoms with E-state index in [1.807, 2.05) is 0 Å². The number of hydrogen-bond acceptors (Lipinski definition) is 5. The number of nitrogens with zero attached hydrogens (tertiary/aromatic N) is 1. The first kappa shape index (κ1) is 22.4. The van der Waals surface area contributed by atoms with Crippen molar-refractivity contribution in [3.05, 3.63) is 66.7 Å². The predicted molar refractivity (Wildman–Crippen MR) is 118 cm³/mol. The van der Waals surface area contributed by atoms with Crippen molar-refractivity contribution in [3.8, 4) is 5.75 Å². The molecular weight excluding hydrogens is 418 g/mol. The number of rotatable bonds is 8. The molecule has 3 rings (SSSR count). The third-order valence-corrected chi connectivity index (χ3v) is 6.35. The molecule has 1 atom stereocenters. The van der Waals surface area contributed by atoms with Crippen molar-refractivity contribution >= 4 is 27.5 Å². The van der Waals surface area contributed by atoms with Gasteiger partial charge in [0.25, 0.3) is 15.9 Å². The normalized spacial score (nSPS) is 15.9. The largest absolute Gasteiger partial charge is 0.497 e. The number of methoxy groups -OCH3 is 1. The maximum absolute atomic E-state index is 12.9. The van der Waals surface area contributed by atoms with E-state index < -0.39 is 16.1 Å². The summed E-state index contributed by atoms with van der Waals surface area (Å²) in [7, 11) is -2.35. The van der Waals surface area contributed by atoms with Gasteiger partial charge in [-0.25, -0.2) is 8.42 Å². The number of benzene rings is 2. The SMILES string of the molecule is C=CCNC(=O)[C@H]1CCCN1C(=O)c1ccc(NS(=O)(=O)c2cccc(OC)c2)cc1. The molecule has 0 bridgehead atoms. The molecule has 8 nitrogen and oxygen atoms in total. The van der Waals surface area contributed by atoms with Crippen LogP contribution >= 0.6 is 0 Å². The van der Waals surface area contributed by atoms with Gasteiger partial charge in [-0.3, -0.25) is 14.3 Å². The summed E-state index contributed by atoms with van der Waals surface area (Å²) in [5.74, 6) is -0.0343. The maximum Gasteiger partial charge on any atom is 0.262 e. The van der Waals surface area contributed by atoms with Gasteiger partial charge in [-0.15, -0.1) is 6.58 Å². The minimum Gasteiger partial charge on any atom is -0.497 e. The average molecular weight is 444 g/mol. The van der Waals surface area contributed by atoms with Crippen molar-refractivity contribution in [2.45, 2.75) is 23.8 Å². The van der Waals surface area contributed by atoms with E-state index in [9.17, 15) is 18.0 Å². The van der Waals surface area contributed by atoms with Crippen molar-refractivity contribution in [2.75, 3.05) is 24.9 Å². The van der Waals surface area contributed by atoms with Crippen LogP contribution in [0.5, 0.6) is 5.75 Å². The van der Waals surface area contributed by atoms with Crippen LogP contribution in [0.4, 0.5) is 5.69 Å². The van der Waals surface area contributed by atoms with Crippen LogP contribution in [0.25, 0.3) is 0 Å². The molecule has 2 amide bonds. The molecule has 164 valence electrons. The number of sulfonamides is 1. The van der Waals surface area contributed by atoms with Gasteiger partial charge in [-0.05, 0) is 49.2 Å². The Kier molecular flexibility index (Phi) is 6.96. The van der Waals surface area contributed by atoms with Gasteiger partial charge in [0.05, 0.1) is 12.0 Å². The molecule has 9 heteroatoms. The van der Waals surface area contributed by atoms with Crippen LogP contribution in [0.1, 0.15) is 23.2 Å². The minimum absolute atomic E-state index is 0.0671.